The summed E-state index contributed by atoms with van der Waals surface area (Å²) < 4.78 is 0. The molecule has 10 nitrogen and oxygen atoms in total. The van der Waals surface area contributed by atoms with Crippen LogP contribution in [0.5, 0.6) is 0 Å². The Hall–Kier alpha value is -4.21. The third kappa shape index (κ3) is 4.75. The van der Waals surface area contributed by atoms with E-state index in [-0.39, 0.29) is 42.5 Å². The molecule has 0 bridgehead atoms. The molecule has 1 fully saturated rings. The Balaban J connectivity index is 1.33. The lowest BCUT2D eigenvalue weighted by molar-refractivity contribution is -0.384. The quantitative estimate of drug-likeness (QED) is 0.411. The number of benzene rings is 2. The number of hydrazine groups is 1. The van der Waals surface area contributed by atoms with Crippen molar-refractivity contribution >= 4 is 34.3 Å². The minimum Gasteiger partial charge on any atom is -0.358 e. The van der Waals surface area contributed by atoms with Gasteiger partial charge in [0, 0.05) is 60.3 Å². The fourth-order valence-electron chi connectivity index (χ4n) is 4.18. The zero-order chi connectivity index (χ0) is 24.2. The van der Waals surface area contributed by atoms with Crippen LogP contribution in [0.3, 0.4) is 0 Å². The summed E-state index contributed by atoms with van der Waals surface area (Å²) in [5.41, 5.74) is 3.00. The summed E-state index contributed by atoms with van der Waals surface area (Å²) >= 11 is 0. The molecule has 0 atom stereocenters. The number of H-pyrrole nitrogens is 1. The Kier molecular flexibility index (Phi) is 6.58. The van der Waals surface area contributed by atoms with E-state index in [1.807, 2.05) is 31.2 Å². The second-order valence-electron chi connectivity index (χ2n) is 8.15. The third-order valence-electron chi connectivity index (χ3n) is 5.93. The van der Waals surface area contributed by atoms with Crippen molar-refractivity contribution in [2.75, 3.05) is 19.6 Å². The van der Waals surface area contributed by atoms with Gasteiger partial charge in [-0.3, -0.25) is 34.5 Å². The minimum atomic E-state index is -0.538. The van der Waals surface area contributed by atoms with E-state index < -0.39 is 10.8 Å². The van der Waals surface area contributed by atoms with Crippen molar-refractivity contribution in [1.82, 2.24) is 20.3 Å². The summed E-state index contributed by atoms with van der Waals surface area (Å²) in [4.78, 5) is 51.6. The van der Waals surface area contributed by atoms with Gasteiger partial charge < -0.3 is 10.3 Å². The molecule has 1 aliphatic rings. The number of hydrogen-bond donors (Lipinski definition) is 2. The predicted molar refractivity (Wildman–Crippen MR) is 125 cm³/mol. The number of rotatable bonds is 7. The molecule has 4 rings (SSSR count). The van der Waals surface area contributed by atoms with E-state index >= 15 is 0 Å². The maximum atomic E-state index is 13.1. The third-order valence-corrected chi connectivity index (χ3v) is 5.93. The van der Waals surface area contributed by atoms with Gasteiger partial charge in [0.05, 0.1) is 11.3 Å². The van der Waals surface area contributed by atoms with Crippen LogP contribution in [-0.2, 0) is 16.0 Å². The van der Waals surface area contributed by atoms with Crippen LogP contribution in [0.4, 0.5) is 5.69 Å². The SMILES string of the molecule is Cc1[nH]c2ccccc2c1CC(=O)N1CCCN1C(=O)CCNC(=O)c1ccc([N+](=O)[O-])cc1. The van der Waals surface area contributed by atoms with Gasteiger partial charge >= 0.3 is 0 Å². The number of nitrogens with one attached hydrogen (secondary N) is 2. The molecule has 0 saturated carbocycles. The highest BCUT2D eigenvalue weighted by atomic mass is 16.6. The number of para-hydroxylation sites is 1. The summed E-state index contributed by atoms with van der Waals surface area (Å²) in [5.74, 6) is -0.814. The van der Waals surface area contributed by atoms with Crippen LogP contribution in [0.15, 0.2) is 48.5 Å². The highest BCUT2D eigenvalue weighted by Crippen LogP contribution is 2.24. The number of nitro benzene ring substituents is 1. The van der Waals surface area contributed by atoms with Crippen molar-refractivity contribution in [3.05, 3.63) is 75.5 Å². The number of hydrogen-bond acceptors (Lipinski definition) is 5. The van der Waals surface area contributed by atoms with Crippen LogP contribution in [0.2, 0.25) is 0 Å². The van der Waals surface area contributed by atoms with Crippen molar-refractivity contribution in [2.45, 2.75) is 26.2 Å². The Labute approximate surface area is 195 Å². The van der Waals surface area contributed by atoms with Gasteiger partial charge in [-0.25, -0.2) is 0 Å². The van der Waals surface area contributed by atoms with Crippen molar-refractivity contribution in [3.63, 3.8) is 0 Å². The molecule has 2 aromatic carbocycles. The molecule has 176 valence electrons. The molecule has 10 heteroatoms. The first-order valence-corrected chi connectivity index (χ1v) is 11.0. The molecule has 1 saturated heterocycles. The first-order valence-electron chi connectivity index (χ1n) is 11.0. The highest BCUT2D eigenvalue weighted by Gasteiger charge is 2.31. The van der Waals surface area contributed by atoms with E-state index in [9.17, 15) is 24.5 Å². The Morgan fingerprint density at radius 3 is 2.41 bits per heavy atom. The van der Waals surface area contributed by atoms with Gasteiger partial charge in [-0.05, 0) is 37.1 Å². The fourth-order valence-corrected chi connectivity index (χ4v) is 4.18. The summed E-state index contributed by atoms with van der Waals surface area (Å²) in [6.07, 6.45) is 0.921. The monoisotopic (exact) mass is 463 g/mol. The van der Waals surface area contributed by atoms with Crippen LogP contribution >= 0.6 is 0 Å². The number of aromatic nitrogens is 1. The Morgan fingerprint density at radius 2 is 1.71 bits per heavy atom. The molecular weight excluding hydrogens is 438 g/mol. The van der Waals surface area contributed by atoms with E-state index in [4.69, 9.17) is 0 Å². The number of amides is 3. The lowest BCUT2D eigenvalue weighted by Crippen LogP contribution is -2.46. The number of fused-ring (bicyclic) bond motifs is 1. The van der Waals surface area contributed by atoms with Crippen LogP contribution in [0.1, 0.15) is 34.5 Å². The van der Waals surface area contributed by atoms with Gasteiger partial charge in [0.15, 0.2) is 0 Å². The zero-order valence-corrected chi connectivity index (χ0v) is 18.7. The molecular formula is C24H25N5O5. The normalized spacial score (nSPS) is 13.3. The van der Waals surface area contributed by atoms with Crippen molar-refractivity contribution in [3.8, 4) is 0 Å². The summed E-state index contributed by atoms with van der Waals surface area (Å²) in [6.45, 7) is 2.95. The van der Waals surface area contributed by atoms with Gasteiger partial charge in [-0.2, -0.15) is 0 Å². The van der Waals surface area contributed by atoms with Crippen molar-refractivity contribution in [1.29, 1.82) is 0 Å². The lowest BCUT2D eigenvalue weighted by Gasteiger charge is -2.28. The first-order chi connectivity index (χ1) is 16.3. The maximum absolute atomic E-state index is 13.1. The second kappa shape index (κ2) is 9.74. The average Bonchev–Trinajstić information content (AvgIpc) is 3.44. The number of aryl methyl sites for hydroxylation is 1. The van der Waals surface area contributed by atoms with Gasteiger partial charge in [-0.15, -0.1) is 0 Å². The van der Waals surface area contributed by atoms with Gasteiger partial charge in [0.2, 0.25) is 11.8 Å². The number of non-ortho nitro benzene ring substituents is 1. The van der Waals surface area contributed by atoms with E-state index in [0.29, 0.717) is 19.5 Å². The summed E-state index contributed by atoms with van der Waals surface area (Å²) in [7, 11) is 0. The van der Waals surface area contributed by atoms with E-state index in [0.717, 1.165) is 22.2 Å². The molecule has 2 N–H and O–H groups in total. The standard InChI is InChI=1S/C24H25N5O5/c1-16-20(19-5-2-3-6-21(19)26-16)15-23(31)28-14-4-13-27(28)22(30)11-12-25-24(32)17-7-9-18(10-8-17)29(33)34/h2-3,5-10,26H,4,11-15H2,1H3,(H,25,32). The summed E-state index contributed by atoms with van der Waals surface area (Å²) in [6, 6.07) is 13.0. The van der Waals surface area contributed by atoms with E-state index in [1.54, 1.807) is 0 Å². The molecule has 3 amide bonds. The van der Waals surface area contributed by atoms with Crippen molar-refractivity contribution < 1.29 is 19.3 Å². The molecule has 34 heavy (non-hydrogen) atoms. The fraction of sp³-hybridized carbons (Fsp3) is 0.292. The van der Waals surface area contributed by atoms with Crippen LogP contribution < -0.4 is 5.32 Å². The number of carbonyl (C=O) groups is 3. The van der Waals surface area contributed by atoms with Crippen LogP contribution in [0.25, 0.3) is 10.9 Å². The zero-order valence-electron chi connectivity index (χ0n) is 18.7. The van der Waals surface area contributed by atoms with Crippen LogP contribution in [0, 0.1) is 17.0 Å². The smallest absolute Gasteiger partial charge is 0.269 e. The second-order valence-corrected chi connectivity index (χ2v) is 8.15. The highest BCUT2D eigenvalue weighted by molar-refractivity contribution is 5.95. The summed E-state index contributed by atoms with van der Waals surface area (Å²) in [5, 5.41) is 17.3. The largest absolute Gasteiger partial charge is 0.358 e. The number of aromatic amines is 1. The van der Waals surface area contributed by atoms with Crippen molar-refractivity contribution in [2.24, 2.45) is 0 Å². The average molecular weight is 463 g/mol. The molecule has 0 aliphatic carbocycles. The molecule has 0 unspecified atom stereocenters. The number of nitrogens with zero attached hydrogens (tertiary/aromatic N) is 3. The topological polar surface area (TPSA) is 129 Å². The molecule has 0 radical (unpaired) electrons. The number of nitro groups is 1. The molecule has 0 spiro atoms. The van der Waals surface area contributed by atoms with Gasteiger partial charge in [0.25, 0.3) is 11.6 Å². The van der Waals surface area contributed by atoms with E-state index in [1.165, 1.54) is 34.3 Å². The minimum absolute atomic E-state index is 0.0363. The van der Waals surface area contributed by atoms with Gasteiger partial charge in [-0.1, -0.05) is 18.2 Å². The van der Waals surface area contributed by atoms with E-state index in [2.05, 4.69) is 10.3 Å². The predicted octanol–water partition coefficient (Wildman–Crippen LogP) is 2.72. The molecule has 1 aromatic heterocycles. The maximum Gasteiger partial charge on any atom is 0.269 e. The molecule has 2 heterocycles. The molecule has 1 aliphatic heterocycles. The van der Waals surface area contributed by atoms with Gasteiger partial charge in [0.1, 0.15) is 0 Å². The molecule has 3 aromatic rings. The Bertz CT molecular complexity index is 1250. The Morgan fingerprint density at radius 1 is 1.03 bits per heavy atom. The van der Waals surface area contributed by atoms with Crippen LogP contribution in [-0.4, -0.2) is 57.3 Å². The first kappa shape index (κ1) is 23.0. The number of carbonyl (C=O) groups excluding carboxylic acids is 3. The lowest BCUT2D eigenvalue weighted by atomic mass is 10.1.